The van der Waals surface area contributed by atoms with Crippen LogP contribution in [0.4, 0.5) is 5.82 Å². The zero-order valence-corrected chi connectivity index (χ0v) is 13.4. The summed E-state index contributed by atoms with van der Waals surface area (Å²) in [5, 5.41) is 3.22. The Labute approximate surface area is 143 Å². The minimum Gasteiger partial charge on any atom is -0.310 e. The average molecular weight is 340 g/mol. The number of nitrogens with zero attached hydrogens (tertiary/aromatic N) is 2. The van der Waals surface area contributed by atoms with Crippen molar-refractivity contribution in [3.05, 3.63) is 93.5 Å². The average Bonchev–Trinajstić information content (AvgIpc) is 2.58. The second-order valence-electron chi connectivity index (χ2n) is 5.15. The highest BCUT2D eigenvalue weighted by atomic mass is 35.5. The Balaban J connectivity index is 1.85. The number of nitrogens with one attached hydrogen (secondary N) is 1. The number of rotatable bonds is 4. The molecule has 0 aliphatic rings. The quantitative estimate of drug-likeness (QED) is 0.794. The van der Waals surface area contributed by atoms with E-state index in [4.69, 9.17) is 11.6 Å². The zero-order chi connectivity index (χ0) is 16.9. The zero-order valence-electron chi connectivity index (χ0n) is 12.6. The van der Waals surface area contributed by atoms with Crippen LogP contribution in [0.25, 0.3) is 0 Å². The topological polar surface area (TPSA) is 64.0 Å². The van der Waals surface area contributed by atoms with Gasteiger partial charge in [-0.25, -0.2) is 4.98 Å². The number of pyridine rings is 2. The van der Waals surface area contributed by atoms with Crippen molar-refractivity contribution < 1.29 is 4.79 Å². The molecule has 0 aliphatic heterocycles. The highest BCUT2D eigenvalue weighted by Gasteiger charge is 2.13. The van der Waals surface area contributed by atoms with E-state index in [1.165, 1.54) is 10.6 Å². The Bertz CT molecular complexity index is 923. The Morgan fingerprint density at radius 3 is 2.75 bits per heavy atom. The Morgan fingerprint density at radius 2 is 2.00 bits per heavy atom. The van der Waals surface area contributed by atoms with E-state index < -0.39 is 5.91 Å². The van der Waals surface area contributed by atoms with Crippen LogP contribution in [0.3, 0.4) is 0 Å². The molecule has 6 heteroatoms. The van der Waals surface area contributed by atoms with Gasteiger partial charge in [0.25, 0.3) is 11.5 Å². The van der Waals surface area contributed by atoms with Gasteiger partial charge in [0.1, 0.15) is 11.4 Å². The molecule has 2 aromatic heterocycles. The third-order valence-electron chi connectivity index (χ3n) is 3.41. The normalized spacial score (nSPS) is 10.4. The summed E-state index contributed by atoms with van der Waals surface area (Å²) in [5.74, 6) is -0.0914. The van der Waals surface area contributed by atoms with Gasteiger partial charge >= 0.3 is 0 Å². The van der Waals surface area contributed by atoms with Gasteiger partial charge in [0.05, 0.1) is 6.54 Å². The first-order chi connectivity index (χ1) is 11.6. The number of hydrogen-bond donors (Lipinski definition) is 1. The first kappa shape index (κ1) is 16.0. The lowest BCUT2D eigenvalue weighted by atomic mass is 10.2. The summed E-state index contributed by atoms with van der Waals surface area (Å²) in [6, 6.07) is 15.6. The van der Waals surface area contributed by atoms with Gasteiger partial charge < -0.3 is 9.88 Å². The summed E-state index contributed by atoms with van der Waals surface area (Å²) in [4.78, 5) is 28.9. The summed E-state index contributed by atoms with van der Waals surface area (Å²) in [6.45, 7) is 0.337. The number of amides is 1. The predicted molar refractivity (Wildman–Crippen MR) is 93.4 cm³/mol. The van der Waals surface area contributed by atoms with Gasteiger partial charge in [0.15, 0.2) is 0 Å². The monoisotopic (exact) mass is 339 g/mol. The van der Waals surface area contributed by atoms with Gasteiger partial charge in [-0.05, 0) is 42.0 Å². The number of anilines is 1. The predicted octanol–water partition coefficient (Wildman–Crippen LogP) is 3.20. The van der Waals surface area contributed by atoms with Crippen LogP contribution >= 0.6 is 11.6 Å². The summed E-state index contributed by atoms with van der Waals surface area (Å²) >= 11 is 5.96. The molecular weight excluding hydrogens is 326 g/mol. The first-order valence-electron chi connectivity index (χ1n) is 7.30. The van der Waals surface area contributed by atoms with Gasteiger partial charge in [-0.15, -0.1) is 0 Å². The summed E-state index contributed by atoms with van der Waals surface area (Å²) in [7, 11) is 0. The second kappa shape index (κ2) is 7.10. The molecule has 0 bridgehead atoms. The summed E-state index contributed by atoms with van der Waals surface area (Å²) in [5.41, 5.74) is 0.572. The van der Waals surface area contributed by atoms with Gasteiger partial charge in [-0.3, -0.25) is 9.59 Å². The van der Waals surface area contributed by atoms with Crippen LogP contribution in [-0.2, 0) is 6.54 Å². The van der Waals surface area contributed by atoms with E-state index in [1.807, 2.05) is 12.1 Å². The van der Waals surface area contributed by atoms with Crippen molar-refractivity contribution in [3.63, 3.8) is 0 Å². The van der Waals surface area contributed by atoms with E-state index in [2.05, 4.69) is 10.3 Å². The SMILES string of the molecule is O=C(Nc1ccccn1)c1cccn(Cc2cccc(Cl)c2)c1=O. The van der Waals surface area contributed by atoms with E-state index in [0.717, 1.165) is 5.56 Å². The van der Waals surface area contributed by atoms with Crippen LogP contribution in [0, 0.1) is 0 Å². The molecule has 0 unspecified atom stereocenters. The Morgan fingerprint density at radius 1 is 1.12 bits per heavy atom. The number of halogens is 1. The number of benzene rings is 1. The Kier molecular flexibility index (Phi) is 4.72. The lowest BCUT2D eigenvalue weighted by Gasteiger charge is -2.09. The molecule has 0 fully saturated rings. The number of carbonyl (C=O) groups is 1. The second-order valence-corrected chi connectivity index (χ2v) is 5.59. The number of aromatic nitrogens is 2. The van der Waals surface area contributed by atoms with Crippen molar-refractivity contribution in [3.8, 4) is 0 Å². The third kappa shape index (κ3) is 3.70. The molecule has 1 N–H and O–H groups in total. The van der Waals surface area contributed by atoms with E-state index >= 15 is 0 Å². The van der Waals surface area contributed by atoms with Crippen molar-refractivity contribution in [2.24, 2.45) is 0 Å². The van der Waals surface area contributed by atoms with Crippen molar-refractivity contribution in [2.45, 2.75) is 6.54 Å². The van der Waals surface area contributed by atoms with Gasteiger partial charge in [0, 0.05) is 17.4 Å². The fraction of sp³-hybridized carbons (Fsp3) is 0.0556. The van der Waals surface area contributed by atoms with Gasteiger partial charge in [-0.2, -0.15) is 0 Å². The molecule has 120 valence electrons. The largest absolute Gasteiger partial charge is 0.310 e. The molecule has 0 saturated heterocycles. The van der Waals surface area contributed by atoms with Crippen molar-refractivity contribution in [2.75, 3.05) is 5.32 Å². The van der Waals surface area contributed by atoms with Crippen molar-refractivity contribution in [1.29, 1.82) is 0 Å². The fourth-order valence-corrected chi connectivity index (χ4v) is 2.50. The highest BCUT2D eigenvalue weighted by Crippen LogP contribution is 2.11. The molecule has 0 atom stereocenters. The van der Waals surface area contributed by atoms with Crippen molar-refractivity contribution in [1.82, 2.24) is 9.55 Å². The van der Waals surface area contributed by atoms with Crippen LogP contribution in [0.15, 0.2) is 71.8 Å². The first-order valence-corrected chi connectivity index (χ1v) is 7.67. The molecule has 1 aromatic carbocycles. The molecule has 0 spiro atoms. The fourth-order valence-electron chi connectivity index (χ4n) is 2.29. The van der Waals surface area contributed by atoms with Crippen LogP contribution in [-0.4, -0.2) is 15.5 Å². The maximum atomic E-state index is 12.5. The van der Waals surface area contributed by atoms with E-state index in [9.17, 15) is 9.59 Å². The van der Waals surface area contributed by atoms with Crippen LogP contribution < -0.4 is 10.9 Å². The highest BCUT2D eigenvalue weighted by molar-refractivity contribution is 6.30. The molecule has 0 saturated carbocycles. The molecule has 0 radical (unpaired) electrons. The number of hydrogen-bond acceptors (Lipinski definition) is 3. The van der Waals surface area contributed by atoms with Gasteiger partial charge in [-0.1, -0.05) is 29.8 Å². The maximum Gasteiger partial charge on any atom is 0.263 e. The lowest BCUT2D eigenvalue weighted by molar-refractivity contribution is 0.102. The molecule has 2 heterocycles. The summed E-state index contributed by atoms with van der Waals surface area (Å²) < 4.78 is 1.47. The molecule has 3 rings (SSSR count). The third-order valence-corrected chi connectivity index (χ3v) is 3.65. The van der Waals surface area contributed by atoms with E-state index in [-0.39, 0.29) is 11.1 Å². The molecule has 0 aliphatic carbocycles. The smallest absolute Gasteiger partial charge is 0.263 e. The maximum absolute atomic E-state index is 12.5. The van der Waals surface area contributed by atoms with E-state index in [0.29, 0.717) is 17.4 Å². The van der Waals surface area contributed by atoms with Crippen LogP contribution in [0.1, 0.15) is 15.9 Å². The Hall–Kier alpha value is -2.92. The minimum absolute atomic E-state index is 0.0604. The van der Waals surface area contributed by atoms with Crippen LogP contribution in [0.5, 0.6) is 0 Å². The van der Waals surface area contributed by atoms with E-state index in [1.54, 1.807) is 48.8 Å². The molecule has 3 aromatic rings. The summed E-state index contributed by atoms with van der Waals surface area (Å²) in [6.07, 6.45) is 3.21. The molecule has 24 heavy (non-hydrogen) atoms. The lowest BCUT2D eigenvalue weighted by Crippen LogP contribution is -2.29. The molecular formula is C18H14ClN3O2. The van der Waals surface area contributed by atoms with Crippen molar-refractivity contribution >= 4 is 23.3 Å². The van der Waals surface area contributed by atoms with Crippen LogP contribution in [0.2, 0.25) is 5.02 Å². The number of carbonyl (C=O) groups excluding carboxylic acids is 1. The minimum atomic E-state index is -0.487. The standard InChI is InChI=1S/C18H14ClN3O2/c19-14-6-3-5-13(11-14)12-22-10-4-7-15(18(22)24)17(23)21-16-8-1-2-9-20-16/h1-11H,12H2,(H,20,21,23). The molecule has 1 amide bonds. The van der Waals surface area contributed by atoms with Gasteiger partial charge in [0.2, 0.25) is 0 Å². The molecule has 5 nitrogen and oxygen atoms in total.